The first kappa shape index (κ1) is 10.4. The Morgan fingerprint density at radius 3 is 3.20 bits per heavy atom. The van der Waals surface area contributed by atoms with E-state index < -0.39 is 0 Å². The van der Waals surface area contributed by atoms with Crippen LogP contribution in [0.1, 0.15) is 0 Å². The highest BCUT2D eigenvalue weighted by molar-refractivity contribution is 8.01. The molecule has 0 atom stereocenters. The zero-order valence-electron chi connectivity index (χ0n) is 8.19. The van der Waals surface area contributed by atoms with Crippen LogP contribution in [0.15, 0.2) is 22.5 Å². The highest BCUT2D eigenvalue weighted by Gasteiger charge is 2.04. The summed E-state index contributed by atoms with van der Waals surface area (Å²) in [5.74, 6) is 0.471. The lowest BCUT2D eigenvalue weighted by Gasteiger charge is -1.96. The van der Waals surface area contributed by atoms with Crippen LogP contribution < -0.4 is 5.32 Å². The molecule has 2 rings (SSSR count). The topological polar surface area (TPSA) is 42.0 Å². The van der Waals surface area contributed by atoms with Crippen molar-refractivity contribution in [2.75, 3.05) is 18.1 Å². The van der Waals surface area contributed by atoms with E-state index in [0.717, 1.165) is 26.5 Å². The van der Waals surface area contributed by atoms with E-state index in [2.05, 4.69) is 16.4 Å². The zero-order chi connectivity index (χ0) is 10.7. The minimum atomic E-state index is 0.471. The van der Waals surface area contributed by atoms with Gasteiger partial charge in [-0.3, -0.25) is 0 Å². The molecule has 0 saturated heterocycles. The molecule has 0 aliphatic rings. The van der Waals surface area contributed by atoms with Crippen LogP contribution >= 0.6 is 23.1 Å². The van der Waals surface area contributed by atoms with E-state index in [-0.39, 0.29) is 0 Å². The van der Waals surface area contributed by atoms with Gasteiger partial charge in [0.1, 0.15) is 6.29 Å². The molecule has 1 N–H and O–H groups in total. The molecule has 1 aromatic carbocycles. The number of anilines is 1. The summed E-state index contributed by atoms with van der Waals surface area (Å²) >= 11 is 3.10. The third kappa shape index (κ3) is 2.30. The first-order valence-corrected chi connectivity index (χ1v) is 6.28. The second-order valence-electron chi connectivity index (χ2n) is 2.89. The summed E-state index contributed by atoms with van der Waals surface area (Å²) in [6.07, 6.45) is 0.899. The molecule has 78 valence electrons. The van der Waals surface area contributed by atoms with Crippen LogP contribution in [0.25, 0.3) is 10.2 Å². The van der Waals surface area contributed by atoms with Crippen molar-refractivity contribution in [1.29, 1.82) is 0 Å². The molecule has 5 heteroatoms. The number of benzene rings is 1. The Labute approximate surface area is 95.9 Å². The number of fused-ring (bicyclic) bond motifs is 1. The fourth-order valence-corrected chi connectivity index (χ4v) is 3.04. The van der Waals surface area contributed by atoms with Gasteiger partial charge in [0.15, 0.2) is 4.34 Å². The van der Waals surface area contributed by atoms with Crippen LogP contribution in [-0.2, 0) is 4.79 Å². The monoisotopic (exact) mass is 238 g/mol. The fraction of sp³-hybridized carbons (Fsp3) is 0.200. The molecule has 0 bridgehead atoms. The smallest absolute Gasteiger partial charge is 0.151 e. The summed E-state index contributed by atoms with van der Waals surface area (Å²) in [7, 11) is 1.89. The molecule has 15 heavy (non-hydrogen) atoms. The number of rotatable bonds is 4. The molecule has 3 nitrogen and oxygen atoms in total. The lowest BCUT2D eigenvalue weighted by Crippen LogP contribution is -1.85. The number of nitrogens with zero attached hydrogens (tertiary/aromatic N) is 1. The van der Waals surface area contributed by atoms with E-state index in [1.54, 1.807) is 11.3 Å². The van der Waals surface area contributed by atoms with Gasteiger partial charge in [0, 0.05) is 12.7 Å². The zero-order valence-corrected chi connectivity index (χ0v) is 9.82. The van der Waals surface area contributed by atoms with Crippen LogP contribution in [0.2, 0.25) is 0 Å². The van der Waals surface area contributed by atoms with E-state index in [9.17, 15) is 4.79 Å². The maximum absolute atomic E-state index is 10.2. The third-order valence-electron chi connectivity index (χ3n) is 1.93. The van der Waals surface area contributed by atoms with Gasteiger partial charge in [-0.15, -0.1) is 11.3 Å². The average Bonchev–Trinajstić information content (AvgIpc) is 2.67. The Hall–Kier alpha value is -1.07. The lowest BCUT2D eigenvalue weighted by atomic mass is 10.3. The van der Waals surface area contributed by atoms with Crippen molar-refractivity contribution >= 4 is 45.3 Å². The Morgan fingerprint density at radius 2 is 2.47 bits per heavy atom. The van der Waals surface area contributed by atoms with Crippen molar-refractivity contribution in [3.8, 4) is 0 Å². The van der Waals surface area contributed by atoms with Crippen LogP contribution in [-0.4, -0.2) is 24.1 Å². The van der Waals surface area contributed by atoms with Crippen molar-refractivity contribution in [2.24, 2.45) is 0 Å². The summed E-state index contributed by atoms with van der Waals surface area (Å²) in [6.45, 7) is 0. The van der Waals surface area contributed by atoms with E-state index in [4.69, 9.17) is 0 Å². The fourth-order valence-electron chi connectivity index (χ4n) is 1.23. The van der Waals surface area contributed by atoms with Crippen LogP contribution in [0.3, 0.4) is 0 Å². The van der Waals surface area contributed by atoms with Gasteiger partial charge in [-0.2, -0.15) is 0 Å². The van der Waals surface area contributed by atoms with Crippen LogP contribution in [0, 0.1) is 0 Å². The van der Waals surface area contributed by atoms with Gasteiger partial charge in [-0.05, 0) is 18.2 Å². The molecule has 2 aromatic rings. The van der Waals surface area contributed by atoms with Gasteiger partial charge in [0.05, 0.1) is 16.0 Å². The van der Waals surface area contributed by atoms with Gasteiger partial charge in [-0.1, -0.05) is 11.8 Å². The number of aldehydes is 1. The third-order valence-corrected chi connectivity index (χ3v) is 3.99. The molecule has 0 unspecified atom stereocenters. The van der Waals surface area contributed by atoms with Gasteiger partial charge < -0.3 is 10.1 Å². The lowest BCUT2D eigenvalue weighted by molar-refractivity contribution is -0.105. The van der Waals surface area contributed by atoms with Crippen LogP contribution in [0.5, 0.6) is 0 Å². The SMILES string of the molecule is CNc1ccc2nc(SCC=O)sc2c1. The summed E-state index contributed by atoms with van der Waals surface area (Å²) in [6, 6.07) is 6.05. The summed E-state index contributed by atoms with van der Waals surface area (Å²) < 4.78 is 2.10. The second kappa shape index (κ2) is 4.63. The van der Waals surface area contributed by atoms with Gasteiger partial charge >= 0.3 is 0 Å². The maximum Gasteiger partial charge on any atom is 0.151 e. The molecular weight excluding hydrogens is 228 g/mol. The quantitative estimate of drug-likeness (QED) is 0.657. The van der Waals surface area contributed by atoms with Gasteiger partial charge in [0.2, 0.25) is 0 Å². The Bertz CT molecular complexity index is 481. The predicted molar refractivity (Wildman–Crippen MR) is 66.0 cm³/mol. The molecule has 1 heterocycles. The predicted octanol–water partition coefficient (Wildman–Crippen LogP) is 2.63. The number of thioether (sulfide) groups is 1. The first-order chi connectivity index (χ1) is 7.33. The number of hydrogen-bond donors (Lipinski definition) is 1. The van der Waals surface area contributed by atoms with Crippen LogP contribution in [0.4, 0.5) is 5.69 Å². The standard InChI is InChI=1S/C10H10N2OS2/c1-11-7-2-3-8-9(6-7)15-10(12-8)14-5-4-13/h2-4,6,11H,5H2,1H3. The highest BCUT2D eigenvalue weighted by atomic mass is 32.2. The maximum atomic E-state index is 10.2. The molecule has 0 spiro atoms. The van der Waals surface area contributed by atoms with Crippen molar-refractivity contribution in [2.45, 2.75) is 4.34 Å². The number of carbonyl (C=O) groups excluding carboxylic acids is 1. The molecule has 0 aliphatic carbocycles. The van der Waals surface area contributed by atoms with E-state index in [1.807, 2.05) is 19.2 Å². The molecule has 0 saturated carbocycles. The van der Waals surface area contributed by atoms with Gasteiger partial charge in [0.25, 0.3) is 0 Å². The van der Waals surface area contributed by atoms with Crippen molar-refractivity contribution in [3.05, 3.63) is 18.2 Å². The molecule has 0 radical (unpaired) electrons. The van der Waals surface area contributed by atoms with E-state index >= 15 is 0 Å². The largest absolute Gasteiger partial charge is 0.388 e. The first-order valence-electron chi connectivity index (χ1n) is 4.48. The number of nitrogens with one attached hydrogen (secondary N) is 1. The van der Waals surface area contributed by atoms with Crippen molar-refractivity contribution in [1.82, 2.24) is 4.98 Å². The molecule has 0 aliphatic heterocycles. The van der Waals surface area contributed by atoms with E-state index in [1.165, 1.54) is 11.8 Å². The molecule has 1 aromatic heterocycles. The molecule has 0 amide bonds. The Morgan fingerprint density at radius 1 is 1.60 bits per heavy atom. The van der Waals surface area contributed by atoms with Gasteiger partial charge in [-0.25, -0.2) is 4.98 Å². The number of aromatic nitrogens is 1. The summed E-state index contributed by atoms with van der Waals surface area (Å²) in [4.78, 5) is 14.7. The minimum absolute atomic E-state index is 0.471. The molecular formula is C10H10N2OS2. The Balaban J connectivity index is 2.33. The van der Waals surface area contributed by atoms with E-state index in [0.29, 0.717) is 5.75 Å². The second-order valence-corrected chi connectivity index (χ2v) is 5.19. The Kier molecular flexibility index (Phi) is 3.23. The summed E-state index contributed by atoms with van der Waals surface area (Å²) in [5.41, 5.74) is 2.07. The average molecular weight is 238 g/mol. The number of carbonyl (C=O) groups is 1. The number of thiazole rings is 1. The minimum Gasteiger partial charge on any atom is -0.388 e. The molecule has 0 fully saturated rings. The normalized spacial score (nSPS) is 10.5. The highest BCUT2D eigenvalue weighted by Crippen LogP contribution is 2.30. The van der Waals surface area contributed by atoms with Crippen molar-refractivity contribution < 1.29 is 4.79 Å². The van der Waals surface area contributed by atoms with Crippen molar-refractivity contribution in [3.63, 3.8) is 0 Å². The number of hydrogen-bond acceptors (Lipinski definition) is 5. The summed E-state index contributed by atoms with van der Waals surface area (Å²) in [5, 5.41) is 3.09.